The molecule has 28 heavy (non-hydrogen) atoms. The highest BCUT2D eigenvalue weighted by atomic mass is 16.5. The summed E-state index contributed by atoms with van der Waals surface area (Å²) in [5.74, 6) is 1.84. The van der Waals surface area contributed by atoms with E-state index in [1.807, 2.05) is 31.2 Å². The fraction of sp³-hybridized carbons (Fsp3) is 0.696. The van der Waals surface area contributed by atoms with Crippen LogP contribution in [-0.4, -0.2) is 72.7 Å². The molecule has 5 heteroatoms. The molecule has 0 radical (unpaired) electrons. The molecular weight excluding hydrogens is 352 g/mol. The highest BCUT2D eigenvalue weighted by molar-refractivity contribution is 5.80. The number of nitrogens with zero attached hydrogens (tertiary/aromatic N) is 2. The third-order valence-electron chi connectivity index (χ3n) is 6.04. The van der Waals surface area contributed by atoms with Crippen molar-refractivity contribution in [3.63, 3.8) is 0 Å². The van der Waals surface area contributed by atoms with Gasteiger partial charge in [-0.25, -0.2) is 0 Å². The maximum atomic E-state index is 12.4. The molecule has 5 nitrogen and oxygen atoms in total. The second kappa shape index (κ2) is 10.9. The van der Waals surface area contributed by atoms with E-state index in [2.05, 4.69) is 9.80 Å². The van der Waals surface area contributed by atoms with Crippen LogP contribution < -0.4 is 4.74 Å². The Morgan fingerprint density at radius 2 is 1.71 bits per heavy atom. The molecule has 156 valence electrons. The summed E-state index contributed by atoms with van der Waals surface area (Å²) in [7, 11) is 0. The number of aliphatic hydroxyl groups excluding tert-OH is 1. The first-order valence-corrected chi connectivity index (χ1v) is 10.9. The number of rotatable bonds is 9. The fourth-order valence-corrected chi connectivity index (χ4v) is 4.33. The van der Waals surface area contributed by atoms with E-state index >= 15 is 0 Å². The lowest BCUT2D eigenvalue weighted by Crippen LogP contribution is -2.50. The number of hydrogen-bond donors (Lipinski definition) is 1. The van der Waals surface area contributed by atoms with E-state index in [9.17, 15) is 9.90 Å². The van der Waals surface area contributed by atoms with E-state index in [1.165, 1.54) is 37.7 Å². The minimum atomic E-state index is -0.499. The molecule has 3 rings (SSSR count). The molecule has 1 aromatic rings. The van der Waals surface area contributed by atoms with Crippen molar-refractivity contribution in [1.29, 1.82) is 0 Å². The number of ether oxygens (including phenoxy) is 1. The minimum Gasteiger partial charge on any atom is -0.491 e. The number of aliphatic hydroxyl groups is 1. The van der Waals surface area contributed by atoms with Crippen LogP contribution in [0.2, 0.25) is 0 Å². The zero-order valence-electron chi connectivity index (χ0n) is 17.3. The van der Waals surface area contributed by atoms with Crippen molar-refractivity contribution >= 4 is 5.78 Å². The molecule has 1 N–H and O–H groups in total. The zero-order chi connectivity index (χ0) is 19.8. The Morgan fingerprint density at radius 1 is 1.07 bits per heavy atom. The number of aryl methyl sites for hydroxylation is 1. The summed E-state index contributed by atoms with van der Waals surface area (Å²) in [4.78, 5) is 16.9. The monoisotopic (exact) mass is 388 g/mol. The number of hydrogen-bond acceptors (Lipinski definition) is 5. The summed E-state index contributed by atoms with van der Waals surface area (Å²) < 4.78 is 5.68. The van der Waals surface area contributed by atoms with Gasteiger partial charge in [-0.3, -0.25) is 14.6 Å². The number of benzene rings is 1. The number of Topliss-reactive ketones (excluding diaryl/α,β-unsaturated/α-hetero) is 1. The van der Waals surface area contributed by atoms with Crippen molar-refractivity contribution in [2.75, 3.05) is 45.9 Å². The normalized spacial score (nSPS) is 20.8. The van der Waals surface area contributed by atoms with E-state index in [0.717, 1.165) is 38.3 Å². The predicted octanol–water partition coefficient (Wildman–Crippen LogP) is 2.89. The summed E-state index contributed by atoms with van der Waals surface area (Å²) >= 11 is 0. The molecule has 1 heterocycles. The highest BCUT2D eigenvalue weighted by Crippen LogP contribution is 2.26. The molecule has 1 saturated carbocycles. The smallest absolute Gasteiger partial charge is 0.147 e. The van der Waals surface area contributed by atoms with Crippen molar-refractivity contribution < 1.29 is 14.6 Å². The van der Waals surface area contributed by atoms with Gasteiger partial charge < -0.3 is 9.84 Å². The summed E-state index contributed by atoms with van der Waals surface area (Å²) in [6.07, 6.45) is 6.69. The summed E-state index contributed by atoms with van der Waals surface area (Å²) in [5.41, 5.74) is 1.20. The molecule has 1 aliphatic heterocycles. The standard InChI is InChI=1S/C23H36N2O3/c1-19-7-9-23(10-8-19)28-18-22(27)17-25-13-11-24(12-14-25)16-21(26)15-20-5-3-2-4-6-20/h7-10,20,22,27H,2-6,11-18H2,1H3. The molecule has 2 aliphatic rings. The summed E-state index contributed by atoms with van der Waals surface area (Å²) in [6.45, 7) is 7.19. The third-order valence-corrected chi connectivity index (χ3v) is 6.04. The maximum absolute atomic E-state index is 12.4. The SMILES string of the molecule is Cc1ccc(OCC(O)CN2CCN(CC(=O)CC3CCCCC3)CC2)cc1. The zero-order valence-corrected chi connectivity index (χ0v) is 17.3. The number of piperazine rings is 1. The topological polar surface area (TPSA) is 53.0 Å². The fourth-order valence-electron chi connectivity index (χ4n) is 4.33. The molecule has 0 spiro atoms. The Kier molecular flexibility index (Phi) is 8.31. The summed E-state index contributed by atoms with van der Waals surface area (Å²) in [5, 5.41) is 10.3. The average Bonchev–Trinajstić information content (AvgIpc) is 2.70. The largest absolute Gasteiger partial charge is 0.491 e. The molecule has 1 aromatic carbocycles. The van der Waals surface area contributed by atoms with Crippen LogP contribution in [0.15, 0.2) is 24.3 Å². The molecule has 0 amide bonds. The van der Waals surface area contributed by atoms with Crippen LogP contribution >= 0.6 is 0 Å². The van der Waals surface area contributed by atoms with E-state index in [4.69, 9.17) is 4.74 Å². The second-order valence-corrected chi connectivity index (χ2v) is 8.60. The number of carbonyl (C=O) groups is 1. The van der Waals surface area contributed by atoms with Gasteiger partial charge in [-0.15, -0.1) is 0 Å². The van der Waals surface area contributed by atoms with Crippen molar-refractivity contribution in [3.05, 3.63) is 29.8 Å². The lowest BCUT2D eigenvalue weighted by Gasteiger charge is -2.35. The lowest BCUT2D eigenvalue weighted by atomic mass is 9.86. The van der Waals surface area contributed by atoms with Crippen LogP contribution in [0.25, 0.3) is 0 Å². The average molecular weight is 389 g/mol. The first-order chi connectivity index (χ1) is 13.6. The van der Waals surface area contributed by atoms with Gasteiger partial charge >= 0.3 is 0 Å². The van der Waals surface area contributed by atoms with Gasteiger partial charge in [0.05, 0.1) is 6.54 Å². The Bertz CT molecular complexity index is 590. The van der Waals surface area contributed by atoms with Crippen molar-refractivity contribution in [2.45, 2.75) is 51.6 Å². The minimum absolute atomic E-state index is 0.309. The third kappa shape index (κ3) is 7.19. The van der Waals surface area contributed by atoms with Gasteiger partial charge in [-0.05, 0) is 25.0 Å². The molecule has 1 aliphatic carbocycles. The van der Waals surface area contributed by atoms with Gasteiger partial charge in [-0.2, -0.15) is 0 Å². The van der Waals surface area contributed by atoms with Gasteiger partial charge in [0.1, 0.15) is 24.2 Å². The number of carbonyl (C=O) groups excluding carboxylic acids is 1. The van der Waals surface area contributed by atoms with Crippen molar-refractivity contribution in [3.8, 4) is 5.75 Å². The van der Waals surface area contributed by atoms with Gasteiger partial charge in [0.25, 0.3) is 0 Å². The van der Waals surface area contributed by atoms with Gasteiger partial charge in [0.2, 0.25) is 0 Å². The van der Waals surface area contributed by atoms with Crippen LogP contribution in [0, 0.1) is 12.8 Å². The van der Waals surface area contributed by atoms with E-state index < -0.39 is 6.10 Å². The summed E-state index contributed by atoms with van der Waals surface area (Å²) in [6, 6.07) is 7.89. The van der Waals surface area contributed by atoms with E-state index in [-0.39, 0.29) is 0 Å². The highest BCUT2D eigenvalue weighted by Gasteiger charge is 2.23. The molecule has 1 atom stereocenters. The van der Waals surface area contributed by atoms with E-state index in [0.29, 0.717) is 31.4 Å². The molecule has 1 saturated heterocycles. The predicted molar refractivity (Wildman–Crippen MR) is 112 cm³/mol. The molecule has 0 aromatic heterocycles. The van der Waals surface area contributed by atoms with Crippen LogP contribution in [-0.2, 0) is 4.79 Å². The first-order valence-electron chi connectivity index (χ1n) is 10.9. The van der Waals surface area contributed by atoms with Crippen LogP contribution in [0.3, 0.4) is 0 Å². The molecule has 0 bridgehead atoms. The molecule has 1 unspecified atom stereocenters. The van der Waals surface area contributed by atoms with Crippen LogP contribution in [0.4, 0.5) is 0 Å². The van der Waals surface area contributed by atoms with Gasteiger partial charge in [0, 0.05) is 39.1 Å². The molecular formula is C23H36N2O3. The van der Waals surface area contributed by atoms with Crippen molar-refractivity contribution in [2.24, 2.45) is 5.92 Å². The van der Waals surface area contributed by atoms with E-state index in [1.54, 1.807) is 0 Å². The van der Waals surface area contributed by atoms with Crippen molar-refractivity contribution in [1.82, 2.24) is 9.80 Å². The van der Waals surface area contributed by atoms with Crippen LogP contribution in [0.1, 0.15) is 44.1 Å². The Hall–Kier alpha value is -1.43. The maximum Gasteiger partial charge on any atom is 0.147 e. The Labute approximate surface area is 169 Å². The Balaban J connectivity index is 1.30. The number of β-amino-alcohol motifs (C(OH)–C–C–N with tert-alkyl or cyclic N) is 1. The van der Waals surface area contributed by atoms with Crippen LogP contribution in [0.5, 0.6) is 5.75 Å². The quantitative estimate of drug-likeness (QED) is 0.705. The first kappa shape index (κ1) is 21.3. The van der Waals surface area contributed by atoms with Gasteiger partial charge in [0.15, 0.2) is 0 Å². The lowest BCUT2D eigenvalue weighted by molar-refractivity contribution is -0.121. The van der Waals surface area contributed by atoms with Gasteiger partial charge in [-0.1, -0.05) is 49.8 Å². The number of ketones is 1. The Morgan fingerprint density at radius 3 is 2.39 bits per heavy atom. The second-order valence-electron chi connectivity index (χ2n) is 8.60. The molecule has 2 fully saturated rings.